The minimum absolute atomic E-state index is 0.231. The first-order valence-corrected chi connectivity index (χ1v) is 16.9. The van der Waals surface area contributed by atoms with Crippen molar-refractivity contribution in [3.05, 3.63) is 126 Å². The van der Waals surface area contributed by atoms with Gasteiger partial charge in [-0.1, -0.05) is 47.7 Å². The number of hydrogen-bond donors (Lipinski definition) is 0. The van der Waals surface area contributed by atoms with Gasteiger partial charge in [0.25, 0.3) is 5.56 Å². The molecule has 0 amide bonds. The van der Waals surface area contributed by atoms with Gasteiger partial charge in [-0.15, -0.1) is 0 Å². The summed E-state index contributed by atoms with van der Waals surface area (Å²) < 4.78 is 26.1. The molecular formula is C38H37N3O7S. The Morgan fingerprint density at radius 1 is 0.918 bits per heavy atom. The number of benzene rings is 3. The summed E-state index contributed by atoms with van der Waals surface area (Å²) in [7, 11) is 1.31. The van der Waals surface area contributed by atoms with Crippen molar-refractivity contribution < 1.29 is 28.5 Å². The number of carbonyl (C=O) groups is 2. The van der Waals surface area contributed by atoms with Gasteiger partial charge in [0.2, 0.25) is 0 Å². The van der Waals surface area contributed by atoms with Crippen LogP contribution in [0.1, 0.15) is 59.6 Å². The molecule has 10 nitrogen and oxygen atoms in total. The van der Waals surface area contributed by atoms with Gasteiger partial charge in [-0.3, -0.25) is 9.36 Å². The molecule has 0 aliphatic carbocycles. The van der Waals surface area contributed by atoms with E-state index in [0.29, 0.717) is 58.3 Å². The number of fused-ring (bicyclic) bond motifs is 2. The van der Waals surface area contributed by atoms with E-state index in [4.69, 9.17) is 18.9 Å². The first kappa shape index (κ1) is 33.5. The molecule has 2 aromatic heterocycles. The number of aromatic nitrogens is 2. The van der Waals surface area contributed by atoms with Crippen molar-refractivity contribution in [3.8, 4) is 11.5 Å². The topological polar surface area (TPSA) is 110 Å². The predicted octanol–water partition coefficient (Wildman–Crippen LogP) is 5.30. The normalized spacial score (nSPS) is 14.2. The van der Waals surface area contributed by atoms with Crippen LogP contribution in [-0.2, 0) is 20.8 Å². The van der Waals surface area contributed by atoms with Crippen molar-refractivity contribution in [2.24, 2.45) is 4.99 Å². The third kappa shape index (κ3) is 6.41. The number of ether oxygens (including phenoxy) is 4. The Morgan fingerprint density at radius 3 is 2.37 bits per heavy atom. The summed E-state index contributed by atoms with van der Waals surface area (Å²) in [6, 6.07) is 20.1. The molecule has 6 rings (SSSR count). The SMILES string of the molecule is CCOC(=O)c1ccc(Cn2c(C)c(/C=c3/sc4n(c3=O)[C@H](c3ccc(OCC)c(OCC)c3)C(C(=O)OC)=CN=4)c3ccccc32)cc1. The first-order chi connectivity index (χ1) is 23.8. The highest BCUT2D eigenvalue weighted by molar-refractivity contribution is 7.07. The number of para-hydroxylation sites is 1. The molecule has 0 fully saturated rings. The molecule has 1 aliphatic heterocycles. The average Bonchev–Trinajstić information content (AvgIpc) is 3.57. The molecule has 0 bridgehead atoms. The zero-order chi connectivity index (χ0) is 34.7. The van der Waals surface area contributed by atoms with E-state index in [9.17, 15) is 14.4 Å². The number of thiazole rings is 1. The van der Waals surface area contributed by atoms with Crippen molar-refractivity contribution >= 4 is 40.3 Å². The number of esters is 2. The van der Waals surface area contributed by atoms with Crippen LogP contribution in [-0.4, -0.2) is 48.0 Å². The molecule has 49 heavy (non-hydrogen) atoms. The highest BCUT2D eigenvalue weighted by Crippen LogP contribution is 2.35. The summed E-state index contributed by atoms with van der Waals surface area (Å²) in [6.45, 7) is 9.34. The van der Waals surface area contributed by atoms with Gasteiger partial charge in [0.1, 0.15) is 0 Å². The minimum Gasteiger partial charge on any atom is -0.490 e. The van der Waals surface area contributed by atoms with Crippen molar-refractivity contribution in [1.29, 1.82) is 0 Å². The van der Waals surface area contributed by atoms with E-state index in [1.165, 1.54) is 24.6 Å². The highest BCUT2D eigenvalue weighted by Gasteiger charge is 2.31. The van der Waals surface area contributed by atoms with Crippen LogP contribution >= 0.6 is 11.3 Å². The Morgan fingerprint density at radius 2 is 1.65 bits per heavy atom. The summed E-state index contributed by atoms with van der Waals surface area (Å²) in [4.78, 5) is 44.5. The van der Waals surface area contributed by atoms with Gasteiger partial charge in [-0.05, 0) is 75.2 Å². The Kier molecular flexibility index (Phi) is 9.82. The second-order valence-corrected chi connectivity index (χ2v) is 12.3. The minimum atomic E-state index is -0.791. The summed E-state index contributed by atoms with van der Waals surface area (Å²) in [5, 5.41) is 0.994. The molecule has 11 heteroatoms. The van der Waals surface area contributed by atoms with E-state index in [-0.39, 0.29) is 17.1 Å². The smallest absolute Gasteiger partial charge is 0.338 e. The Hall–Kier alpha value is -5.42. The maximum absolute atomic E-state index is 14.3. The molecule has 1 aliphatic rings. The molecule has 0 spiro atoms. The Balaban J connectivity index is 1.46. The highest BCUT2D eigenvalue weighted by atomic mass is 32.1. The van der Waals surface area contributed by atoms with Gasteiger partial charge < -0.3 is 23.5 Å². The molecule has 0 saturated heterocycles. The molecule has 0 N–H and O–H groups in total. The van der Waals surface area contributed by atoms with Crippen LogP contribution < -0.4 is 24.4 Å². The van der Waals surface area contributed by atoms with Gasteiger partial charge >= 0.3 is 11.9 Å². The maximum Gasteiger partial charge on any atom is 0.338 e. The number of hydrogen-bond acceptors (Lipinski definition) is 9. The van der Waals surface area contributed by atoms with Crippen LogP contribution in [0.25, 0.3) is 17.0 Å². The first-order valence-electron chi connectivity index (χ1n) is 16.1. The second kappa shape index (κ2) is 14.4. The van der Waals surface area contributed by atoms with Crippen molar-refractivity contribution in [2.75, 3.05) is 26.9 Å². The van der Waals surface area contributed by atoms with Gasteiger partial charge in [0.05, 0.1) is 48.6 Å². The largest absolute Gasteiger partial charge is 0.490 e. The Bertz CT molecular complexity index is 2260. The lowest BCUT2D eigenvalue weighted by molar-refractivity contribution is -0.136. The van der Waals surface area contributed by atoms with Gasteiger partial charge in [0.15, 0.2) is 16.3 Å². The number of rotatable bonds is 11. The molecule has 0 radical (unpaired) electrons. The van der Waals surface area contributed by atoms with E-state index < -0.39 is 12.0 Å². The third-order valence-electron chi connectivity index (χ3n) is 8.37. The van der Waals surface area contributed by atoms with E-state index in [1.807, 2.05) is 63.2 Å². The standard InChI is InChI=1S/C38H37N3O7S/c1-6-46-31-18-17-26(19-32(31)47-7-2)34-29(37(44)45-5)21-39-38-41(34)35(42)33(49-38)20-28-23(4)40(30-12-10-9-11-27(28)30)22-24-13-15-25(16-14-24)36(43)48-8-3/h9-21,34H,6-8,22H2,1-5H3/b33-20+/t34-/m1/s1. The summed E-state index contributed by atoms with van der Waals surface area (Å²) >= 11 is 1.26. The second-order valence-electron chi connectivity index (χ2n) is 11.3. The molecule has 3 heterocycles. The van der Waals surface area contributed by atoms with Crippen LogP contribution in [0.15, 0.2) is 88.3 Å². The Labute approximate surface area is 287 Å². The van der Waals surface area contributed by atoms with Crippen LogP contribution in [0, 0.1) is 6.92 Å². The molecule has 1 atom stereocenters. The summed E-state index contributed by atoms with van der Waals surface area (Å²) in [5.41, 5.74) is 5.03. The van der Waals surface area contributed by atoms with E-state index in [0.717, 1.165) is 27.7 Å². The molecule has 0 saturated carbocycles. The molecular weight excluding hydrogens is 642 g/mol. The third-order valence-corrected chi connectivity index (χ3v) is 9.37. The van der Waals surface area contributed by atoms with Crippen LogP contribution in [0.2, 0.25) is 0 Å². The fourth-order valence-electron chi connectivity index (χ4n) is 6.11. The lowest BCUT2D eigenvalue weighted by Crippen LogP contribution is -2.39. The number of methoxy groups -OCH3 is 1. The van der Waals surface area contributed by atoms with Crippen molar-refractivity contribution in [2.45, 2.75) is 40.3 Å². The molecule has 5 aromatic rings. The van der Waals surface area contributed by atoms with Gasteiger partial charge in [-0.2, -0.15) is 0 Å². The monoisotopic (exact) mass is 679 g/mol. The van der Waals surface area contributed by atoms with E-state index in [2.05, 4.69) is 15.6 Å². The number of nitrogens with zero attached hydrogens (tertiary/aromatic N) is 3. The average molecular weight is 680 g/mol. The van der Waals surface area contributed by atoms with Gasteiger partial charge in [0, 0.05) is 34.9 Å². The maximum atomic E-state index is 14.3. The quantitative estimate of drug-likeness (QED) is 0.174. The lowest BCUT2D eigenvalue weighted by atomic mass is 9.97. The fourth-order valence-corrected chi connectivity index (χ4v) is 7.06. The summed E-state index contributed by atoms with van der Waals surface area (Å²) in [5.74, 6) is 0.165. The molecule has 0 unspecified atom stereocenters. The van der Waals surface area contributed by atoms with Crippen LogP contribution in [0.5, 0.6) is 11.5 Å². The molecule has 252 valence electrons. The zero-order valence-corrected chi connectivity index (χ0v) is 28.8. The lowest BCUT2D eigenvalue weighted by Gasteiger charge is -2.23. The number of carbonyl (C=O) groups excluding carboxylic acids is 2. The van der Waals surface area contributed by atoms with E-state index >= 15 is 0 Å². The fraction of sp³-hybridized carbons (Fsp3) is 0.263. The van der Waals surface area contributed by atoms with Crippen molar-refractivity contribution in [3.63, 3.8) is 0 Å². The summed E-state index contributed by atoms with van der Waals surface area (Å²) in [6.07, 6.45) is 3.39. The van der Waals surface area contributed by atoms with Crippen molar-refractivity contribution in [1.82, 2.24) is 9.13 Å². The predicted molar refractivity (Wildman–Crippen MR) is 188 cm³/mol. The van der Waals surface area contributed by atoms with Crippen LogP contribution in [0.4, 0.5) is 0 Å². The van der Waals surface area contributed by atoms with Crippen LogP contribution in [0.3, 0.4) is 0 Å². The van der Waals surface area contributed by atoms with E-state index in [1.54, 1.807) is 35.8 Å². The zero-order valence-electron chi connectivity index (χ0n) is 28.0. The van der Waals surface area contributed by atoms with Gasteiger partial charge in [-0.25, -0.2) is 14.6 Å². The molecule has 3 aromatic carbocycles.